The highest BCUT2D eigenvalue weighted by molar-refractivity contribution is 9.08. The van der Waals surface area contributed by atoms with E-state index in [0.717, 1.165) is 17.2 Å². The van der Waals surface area contributed by atoms with Crippen molar-refractivity contribution in [2.75, 3.05) is 11.4 Å². The molecule has 18 heavy (non-hydrogen) atoms. The Balaban J connectivity index is 2.29. The number of hydrogen-bond donors (Lipinski definition) is 0. The molecule has 1 nitrogen and oxygen atoms in total. The molecule has 1 aromatic rings. The summed E-state index contributed by atoms with van der Waals surface area (Å²) in [6, 6.07) is 7.50. The Hall–Kier alpha value is -0.500. The molecule has 2 rings (SSSR count). The van der Waals surface area contributed by atoms with E-state index in [1.165, 1.54) is 29.8 Å². The lowest BCUT2D eigenvalue weighted by Gasteiger charge is -2.43. The standard InChI is InChI=1S/C16H24BrN/c1-11-7-12(2)14(4)18(10-11)16-6-5-15(9-17)8-13(16)3/h5-6,8,11-12,14H,7,9-10H2,1-4H3. The SMILES string of the molecule is Cc1cc(CBr)ccc1N1CC(C)CC(C)C1C. The second-order valence-electron chi connectivity index (χ2n) is 5.97. The number of halogens is 1. The molecule has 0 amide bonds. The molecule has 0 bridgehead atoms. The summed E-state index contributed by atoms with van der Waals surface area (Å²) in [4.78, 5) is 2.60. The molecule has 0 radical (unpaired) electrons. The molecule has 1 heterocycles. The molecule has 0 aromatic heterocycles. The van der Waals surface area contributed by atoms with Gasteiger partial charge in [0.05, 0.1) is 0 Å². The predicted octanol–water partition coefficient (Wildman–Crippen LogP) is 4.76. The Morgan fingerprint density at radius 2 is 2.00 bits per heavy atom. The minimum atomic E-state index is 0.648. The number of alkyl halides is 1. The predicted molar refractivity (Wildman–Crippen MR) is 83.6 cm³/mol. The Labute approximate surface area is 120 Å². The summed E-state index contributed by atoms with van der Waals surface area (Å²) in [7, 11) is 0. The summed E-state index contributed by atoms with van der Waals surface area (Å²) in [6.07, 6.45) is 1.36. The van der Waals surface area contributed by atoms with Gasteiger partial charge in [-0.05, 0) is 49.3 Å². The van der Waals surface area contributed by atoms with E-state index in [-0.39, 0.29) is 0 Å². The first-order valence-electron chi connectivity index (χ1n) is 6.95. The van der Waals surface area contributed by atoms with Crippen molar-refractivity contribution < 1.29 is 0 Å². The van der Waals surface area contributed by atoms with Crippen LogP contribution in [0, 0.1) is 18.8 Å². The minimum Gasteiger partial charge on any atom is -0.368 e. The van der Waals surface area contributed by atoms with Gasteiger partial charge in [-0.25, -0.2) is 0 Å². The maximum atomic E-state index is 3.53. The van der Waals surface area contributed by atoms with Crippen LogP contribution < -0.4 is 4.90 Å². The summed E-state index contributed by atoms with van der Waals surface area (Å²) in [6.45, 7) is 10.6. The van der Waals surface area contributed by atoms with Crippen LogP contribution in [-0.4, -0.2) is 12.6 Å². The first kappa shape index (κ1) is 13.9. The van der Waals surface area contributed by atoms with Crippen LogP contribution in [0.1, 0.15) is 38.3 Å². The number of anilines is 1. The topological polar surface area (TPSA) is 3.24 Å². The molecule has 1 aliphatic rings. The molecule has 1 aliphatic heterocycles. The molecule has 1 fully saturated rings. The molecule has 0 aliphatic carbocycles. The van der Waals surface area contributed by atoms with Crippen LogP contribution in [0.5, 0.6) is 0 Å². The third kappa shape index (κ3) is 2.74. The quantitative estimate of drug-likeness (QED) is 0.712. The van der Waals surface area contributed by atoms with Gasteiger partial charge < -0.3 is 4.90 Å². The van der Waals surface area contributed by atoms with Gasteiger partial charge in [-0.1, -0.05) is 41.9 Å². The van der Waals surface area contributed by atoms with E-state index in [9.17, 15) is 0 Å². The van der Waals surface area contributed by atoms with Gasteiger partial charge in [0.25, 0.3) is 0 Å². The van der Waals surface area contributed by atoms with E-state index in [1.807, 2.05) is 0 Å². The van der Waals surface area contributed by atoms with Crippen molar-refractivity contribution in [3.05, 3.63) is 29.3 Å². The smallest absolute Gasteiger partial charge is 0.0398 e. The van der Waals surface area contributed by atoms with Crippen molar-refractivity contribution >= 4 is 21.6 Å². The Kier molecular flexibility index (Phi) is 4.37. The van der Waals surface area contributed by atoms with Crippen LogP contribution in [0.2, 0.25) is 0 Å². The normalized spacial score (nSPS) is 28.5. The van der Waals surface area contributed by atoms with Crippen LogP contribution in [0.25, 0.3) is 0 Å². The summed E-state index contributed by atoms with van der Waals surface area (Å²) in [5, 5.41) is 0.941. The van der Waals surface area contributed by atoms with Gasteiger partial charge in [0.15, 0.2) is 0 Å². The fraction of sp³-hybridized carbons (Fsp3) is 0.625. The molecule has 100 valence electrons. The van der Waals surface area contributed by atoms with E-state index in [4.69, 9.17) is 0 Å². The fourth-order valence-electron chi connectivity index (χ4n) is 3.16. The van der Waals surface area contributed by atoms with Crippen LogP contribution >= 0.6 is 15.9 Å². The monoisotopic (exact) mass is 309 g/mol. The average molecular weight is 310 g/mol. The van der Waals surface area contributed by atoms with Crippen LogP contribution in [0.15, 0.2) is 18.2 Å². The average Bonchev–Trinajstić information content (AvgIpc) is 2.34. The van der Waals surface area contributed by atoms with Crippen molar-refractivity contribution in [1.29, 1.82) is 0 Å². The maximum absolute atomic E-state index is 3.53. The van der Waals surface area contributed by atoms with E-state index in [2.05, 4.69) is 66.7 Å². The zero-order valence-corrected chi connectivity index (χ0v) is 13.5. The Morgan fingerprint density at radius 1 is 1.28 bits per heavy atom. The van der Waals surface area contributed by atoms with Crippen molar-refractivity contribution in [2.45, 2.75) is 45.5 Å². The lowest BCUT2D eigenvalue weighted by molar-refractivity contribution is 0.297. The van der Waals surface area contributed by atoms with Crippen LogP contribution in [0.4, 0.5) is 5.69 Å². The summed E-state index contributed by atoms with van der Waals surface area (Å²) in [5.41, 5.74) is 4.19. The molecule has 3 atom stereocenters. The lowest BCUT2D eigenvalue weighted by atomic mass is 9.85. The summed E-state index contributed by atoms with van der Waals surface area (Å²) in [5.74, 6) is 1.58. The number of piperidine rings is 1. The molecule has 1 aromatic carbocycles. The van der Waals surface area contributed by atoms with E-state index in [1.54, 1.807) is 0 Å². The first-order valence-corrected chi connectivity index (χ1v) is 8.07. The number of rotatable bonds is 2. The molecule has 1 saturated heterocycles. The van der Waals surface area contributed by atoms with Crippen molar-refractivity contribution in [3.63, 3.8) is 0 Å². The van der Waals surface area contributed by atoms with E-state index in [0.29, 0.717) is 6.04 Å². The Morgan fingerprint density at radius 3 is 2.61 bits per heavy atom. The molecule has 0 saturated carbocycles. The maximum Gasteiger partial charge on any atom is 0.0398 e. The fourth-order valence-corrected chi connectivity index (χ4v) is 3.50. The number of nitrogens with zero attached hydrogens (tertiary/aromatic N) is 1. The zero-order chi connectivity index (χ0) is 13.3. The molecule has 0 N–H and O–H groups in total. The number of benzene rings is 1. The highest BCUT2D eigenvalue weighted by atomic mass is 79.9. The lowest BCUT2D eigenvalue weighted by Crippen LogP contribution is -2.46. The number of aryl methyl sites for hydroxylation is 1. The minimum absolute atomic E-state index is 0.648. The molecular weight excluding hydrogens is 286 g/mol. The van der Waals surface area contributed by atoms with Gasteiger partial charge in [-0.15, -0.1) is 0 Å². The van der Waals surface area contributed by atoms with E-state index < -0.39 is 0 Å². The Bertz CT molecular complexity index is 416. The van der Waals surface area contributed by atoms with Crippen LogP contribution in [0.3, 0.4) is 0 Å². The molecule has 0 spiro atoms. The third-order valence-corrected chi connectivity index (χ3v) is 4.97. The first-order chi connectivity index (χ1) is 8.52. The third-order valence-electron chi connectivity index (χ3n) is 4.32. The molecular formula is C16H24BrN. The highest BCUT2D eigenvalue weighted by Gasteiger charge is 2.29. The van der Waals surface area contributed by atoms with Gasteiger partial charge in [0.2, 0.25) is 0 Å². The van der Waals surface area contributed by atoms with Gasteiger partial charge in [-0.3, -0.25) is 0 Å². The molecule has 3 unspecified atom stereocenters. The van der Waals surface area contributed by atoms with E-state index >= 15 is 0 Å². The van der Waals surface area contributed by atoms with Crippen molar-refractivity contribution in [2.24, 2.45) is 11.8 Å². The zero-order valence-electron chi connectivity index (χ0n) is 11.9. The highest BCUT2D eigenvalue weighted by Crippen LogP contribution is 2.33. The van der Waals surface area contributed by atoms with Gasteiger partial charge in [0, 0.05) is 23.6 Å². The second-order valence-corrected chi connectivity index (χ2v) is 6.53. The largest absolute Gasteiger partial charge is 0.368 e. The van der Waals surface area contributed by atoms with Crippen molar-refractivity contribution in [3.8, 4) is 0 Å². The summed E-state index contributed by atoms with van der Waals surface area (Å²) >= 11 is 3.53. The summed E-state index contributed by atoms with van der Waals surface area (Å²) < 4.78 is 0. The second kappa shape index (κ2) is 5.64. The van der Waals surface area contributed by atoms with Gasteiger partial charge in [-0.2, -0.15) is 0 Å². The number of hydrogen-bond acceptors (Lipinski definition) is 1. The van der Waals surface area contributed by atoms with Crippen molar-refractivity contribution in [1.82, 2.24) is 0 Å². The van der Waals surface area contributed by atoms with Gasteiger partial charge in [0.1, 0.15) is 0 Å². The van der Waals surface area contributed by atoms with Crippen LogP contribution in [-0.2, 0) is 5.33 Å². The van der Waals surface area contributed by atoms with Gasteiger partial charge >= 0.3 is 0 Å². The molecule has 2 heteroatoms.